The fourth-order valence-electron chi connectivity index (χ4n) is 3.05. The molecule has 146 valence electrons. The Bertz CT molecular complexity index is 932. The maximum Gasteiger partial charge on any atom is 0.277 e. The first-order chi connectivity index (χ1) is 12.8. The molecular weight excluding hydrogens is 393 g/mol. The van der Waals surface area contributed by atoms with Crippen LogP contribution in [-0.2, 0) is 14.6 Å². The normalized spacial score (nSPS) is 19.7. The molecule has 1 fully saturated rings. The highest BCUT2D eigenvalue weighted by Crippen LogP contribution is 2.29. The lowest BCUT2D eigenvalue weighted by Gasteiger charge is -2.28. The van der Waals surface area contributed by atoms with Crippen molar-refractivity contribution in [3.63, 3.8) is 0 Å². The highest BCUT2D eigenvalue weighted by molar-refractivity contribution is 8.00. The van der Waals surface area contributed by atoms with Crippen molar-refractivity contribution in [1.82, 2.24) is 15.1 Å². The summed E-state index contributed by atoms with van der Waals surface area (Å²) in [5.74, 6) is -0.498. The predicted molar refractivity (Wildman–Crippen MR) is 99.5 cm³/mol. The Morgan fingerprint density at radius 2 is 2.15 bits per heavy atom. The molecule has 0 bridgehead atoms. The van der Waals surface area contributed by atoms with Crippen molar-refractivity contribution in [3.8, 4) is 11.5 Å². The van der Waals surface area contributed by atoms with Gasteiger partial charge >= 0.3 is 0 Å². The average Bonchev–Trinajstić information content (AvgIpc) is 3.22. The Hall–Kier alpha value is -1.94. The second-order valence-electron chi connectivity index (χ2n) is 6.29. The van der Waals surface area contributed by atoms with Crippen LogP contribution >= 0.6 is 11.8 Å². The standard InChI is InChI=1S/C17H20FN3O4S2/c1-3-21(12-8-9-27(23,24)10-12)16(22)11(2)26-17-20-19-15(25-17)13-6-4-5-7-14(13)18/h4-7,11-12H,3,8-10H2,1-2H3/t11-,12+/m0/s1. The van der Waals surface area contributed by atoms with Crippen molar-refractivity contribution >= 4 is 27.5 Å². The monoisotopic (exact) mass is 413 g/mol. The summed E-state index contributed by atoms with van der Waals surface area (Å²) in [6.45, 7) is 3.95. The first kappa shape index (κ1) is 19.8. The number of rotatable bonds is 6. The van der Waals surface area contributed by atoms with E-state index in [-0.39, 0.29) is 40.1 Å². The zero-order valence-electron chi connectivity index (χ0n) is 15.0. The van der Waals surface area contributed by atoms with Crippen LogP contribution in [0.2, 0.25) is 0 Å². The van der Waals surface area contributed by atoms with Crippen LogP contribution in [0, 0.1) is 5.82 Å². The molecule has 0 N–H and O–H groups in total. The van der Waals surface area contributed by atoms with Gasteiger partial charge in [0.15, 0.2) is 9.84 Å². The number of hydrogen-bond donors (Lipinski definition) is 0. The van der Waals surface area contributed by atoms with Gasteiger partial charge in [-0.2, -0.15) is 0 Å². The van der Waals surface area contributed by atoms with Gasteiger partial charge in [-0.25, -0.2) is 12.8 Å². The Balaban J connectivity index is 1.69. The van der Waals surface area contributed by atoms with Crippen molar-refractivity contribution in [2.24, 2.45) is 0 Å². The molecule has 7 nitrogen and oxygen atoms in total. The molecule has 3 rings (SSSR count). The minimum Gasteiger partial charge on any atom is -0.411 e. The first-order valence-electron chi connectivity index (χ1n) is 8.56. The van der Waals surface area contributed by atoms with Gasteiger partial charge in [-0.05, 0) is 32.4 Å². The van der Waals surface area contributed by atoms with Gasteiger partial charge in [0.1, 0.15) is 5.82 Å². The Morgan fingerprint density at radius 3 is 2.78 bits per heavy atom. The summed E-state index contributed by atoms with van der Waals surface area (Å²) in [6, 6.07) is 5.76. The molecule has 0 aliphatic carbocycles. The lowest BCUT2D eigenvalue weighted by Crippen LogP contribution is -2.44. The van der Waals surface area contributed by atoms with E-state index in [4.69, 9.17) is 4.42 Å². The summed E-state index contributed by atoms with van der Waals surface area (Å²) in [4.78, 5) is 14.4. The second kappa shape index (κ2) is 7.97. The molecule has 1 aliphatic heterocycles. The smallest absolute Gasteiger partial charge is 0.277 e. The molecule has 0 radical (unpaired) electrons. The topological polar surface area (TPSA) is 93.4 Å². The lowest BCUT2D eigenvalue weighted by atomic mass is 10.2. The van der Waals surface area contributed by atoms with Gasteiger partial charge < -0.3 is 9.32 Å². The molecule has 0 saturated carbocycles. The molecule has 0 unspecified atom stereocenters. The molecular formula is C17H20FN3O4S2. The molecule has 10 heteroatoms. The van der Waals surface area contributed by atoms with Crippen LogP contribution in [-0.4, -0.2) is 58.8 Å². The summed E-state index contributed by atoms with van der Waals surface area (Å²) in [5, 5.41) is 7.33. The van der Waals surface area contributed by atoms with Crippen LogP contribution in [0.4, 0.5) is 4.39 Å². The maximum absolute atomic E-state index is 13.8. The Labute approximate surface area is 161 Å². The summed E-state index contributed by atoms with van der Waals surface area (Å²) in [6.07, 6.45) is 0.456. The zero-order valence-corrected chi connectivity index (χ0v) is 16.6. The quantitative estimate of drug-likeness (QED) is 0.671. The van der Waals surface area contributed by atoms with E-state index >= 15 is 0 Å². The van der Waals surface area contributed by atoms with Crippen molar-refractivity contribution in [2.45, 2.75) is 36.8 Å². The largest absolute Gasteiger partial charge is 0.411 e. The van der Waals surface area contributed by atoms with E-state index in [1.165, 1.54) is 12.1 Å². The third-order valence-corrected chi connectivity index (χ3v) is 7.08. The lowest BCUT2D eigenvalue weighted by molar-refractivity contribution is -0.131. The van der Waals surface area contributed by atoms with Gasteiger partial charge in [-0.1, -0.05) is 23.9 Å². The van der Waals surface area contributed by atoms with E-state index in [2.05, 4.69) is 10.2 Å². The average molecular weight is 413 g/mol. The molecule has 2 heterocycles. The molecule has 1 aliphatic rings. The number of halogens is 1. The van der Waals surface area contributed by atoms with Crippen LogP contribution in [0.15, 0.2) is 33.9 Å². The van der Waals surface area contributed by atoms with E-state index in [0.717, 1.165) is 11.8 Å². The molecule has 1 saturated heterocycles. The molecule has 27 heavy (non-hydrogen) atoms. The van der Waals surface area contributed by atoms with E-state index in [1.807, 2.05) is 6.92 Å². The highest BCUT2D eigenvalue weighted by Gasteiger charge is 2.35. The molecule has 2 atom stereocenters. The molecule has 1 aromatic carbocycles. The predicted octanol–water partition coefficient (Wildman–Crippen LogP) is 2.39. The number of carbonyl (C=O) groups is 1. The fraction of sp³-hybridized carbons (Fsp3) is 0.471. The van der Waals surface area contributed by atoms with E-state index in [0.29, 0.717) is 13.0 Å². The van der Waals surface area contributed by atoms with E-state index in [9.17, 15) is 17.6 Å². The van der Waals surface area contributed by atoms with Gasteiger partial charge in [0.05, 0.1) is 22.3 Å². The summed E-state index contributed by atoms with van der Waals surface area (Å²) >= 11 is 1.07. The Kier molecular flexibility index (Phi) is 5.85. The van der Waals surface area contributed by atoms with Crippen molar-refractivity contribution in [2.75, 3.05) is 18.1 Å². The van der Waals surface area contributed by atoms with Crippen LogP contribution < -0.4 is 0 Å². The number of thioether (sulfide) groups is 1. The number of benzene rings is 1. The minimum atomic E-state index is -3.08. The number of aromatic nitrogens is 2. The third kappa shape index (κ3) is 4.49. The maximum atomic E-state index is 13.8. The van der Waals surface area contributed by atoms with Crippen LogP contribution in [0.25, 0.3) is 11.5 Å². The molecule has 2 aromatic rings. The number of sulfone groups is 1. The van der Waals surface area contributed by atoms with E-state index in [1.54, 1.807) is 24.0 Å². The summed E-state index contributed by atoms with van der Waals surface area (Å²) < 4.78 is 42.7. The number of amides is 1. The van der Waals surface area contributed by atoms with Gasteiger partial charge in [-0.3, -0.25) is 4.79 Å². The summed E-state index contributed by atoms with van der Waals surface area (Å²) in [5.41, 5.74) is 0.196. The van der Waals surface area contributed by atoms with Gasteiger partial charge in [0.2, 0.25) is 5.91 Å². The number of hydrogen-bond acceptors (Lipinski definition) is 7. The van der Waals surface area contributed by atoms with Gasteiger partial charge in [0.25, 0.3) is 11.1 Å². The SMILES string of the molecule is CCN(C(=O)[C@H](C)Sc1nnc(-c2ccccc2F)o1)[C@@H]1CCS(=O)(=O)C1. The van der Waals surface area contributed by atoms with E-state index < -0.39 is 20.9 Å². The van der Waals surface area contributed by atoms with Crippen LogP contribution in [0.5, 0.6) is 0 Å². The molecule has 0 spiro atoms. The van der Waals surface area contributed by atoms with Crippen LogP contribution in [0.1, 0.15) is 20.3 Å². The highest BCUT2D eigenvalue weighted by atomic mass is 32.2. The minimum absolute atomic E-state index is 0.00194. The van der Waals surface area contributed by atoms with Crippen molar-refractivity contribution in [1.29, 1.82) is 0 Å². The first-order valence-corrected chi connectivity index (χ1v) is 11.3. The number of carbonyl (C=O) groups excluding carboxylic acids is 1. The van der Waals surface area contributed by atoms with Gasteiger partial charge in [-0.15, -0.1) is 10.2 Å². The van der Waals surface area contributed by atoms with Gasteiger partial charge in [0, 0.05) is 12.6 Å². The second-order valence-corrected chi connectivity index (χ2v) is 9.81. The van der Waals surface area contributed by atoms with Crippen LogP contribution in [0.3, 0.4) is 0 Å². The van der Waals surface area contributed by atoms with Crippen molar-refractivity contribution < 1.29 is 22.0 Å². The fourth-order valence-corrected chi connectivity index (χ4v) is 5.54. The molecule has 1 amide bonds. The zero-order chi connectivity index (χ0) is 19.6. The van der Waals surface area contributed by atoms with Crippen molar-refractivity contribution in [3.05, 3.63) is 30.1 Å². The number of nitrogens with zero attached hydrogens (tertiary/aromatic N) is 3. The Morgan fingerprint density at radius 1 is 1.41 bits per heavy atom. The third-order valence-electron chi connectivity index (χ3n) is 4.41. The summed E-state index contributed by atoms with van der Waals surface area (Å²) in [7, 11) is -3.08. The molecule has 1 aromatic heterocycles.